The molecule has 7 heteroatoms. The molecule has 2 amide bonds. The molecule has 3 aliphatic rings. The first-order chi connectivity index (χ1) is 15.6. The number of aromatic nitrogens is 1. The Hall–Kier alpha value is -1.63. The van der Waals surface area contributed by atoms with Gasteiger partial charge in [-0.25, -0.2) is 4.79 Å². The van der Waals surface area contributed by atoms with Crippen molar-refractivity contribution in [1.29, 1.82) is 0 Å². The van der Waals surface area contributed by atoms with Gasteiger partial charge in [0.15, 0.2) is 0 Å². The minimum absolute atomic E-state index is 0.0939. The van der Waals surface area contributed by atoms with Gasteiger partial charge in [0.1, 0.15) is 0 Å². The Morgan fingerprint density at radius 2 is 1.78 bits per heavy atom. The van der Waals surface area contributed by atoms with Crippen LogP contribution in [0.1, 0.15) is 60.5 Å². The number of urea groups is 1. The number of hydrogen-bond acceptors (Lipinski definition) is 3. The quantitative estimate of drug-likeness (QED) is 0.584. The van der Waals surface area contributed by atoms with Gasteiger partial charge in [0, 0.05) is 47.9 Å². The molecule has 1 aromatic heterocycles. The number of nitrogens with zero attached hydrogens (tertiary/aromatic N) is 3. The molecule has 2 aliphatic carbocycles. The minimum Gasteiger partial charge on any atom is -0.335 e. The van der Waals surface area contributed by atoms with Crippen LogP contribution in [0.15, 0.2) is 34.9 Å². The van der Waals surface area contributed by atoms with Crippen LogP contribution in [0.4, 0.5) is 4.79 Å². The molecule has 5 nitrogen and oxygen atoms in total. The van der Waals surface area contributed by atoms with Crippen LogP contribution in [-0.4, -0.2) is 53.0 Å². The number of aryl methyl sites for hydroxylation is 2. The molecule has 170 valence electrons. The Kier molecular flexibility index (Phi) is 6.72. The number of amides is 2. The van der Waals surface area contributed by atoms with Gasteiger partial charge in [0.25, 0.3) is 0 Å². The van der Waals surface area contributed by atoms with Gasteiger partial charge in [0.05, 0.1) is 11.7 Å². The second-order valence-electron chi connectivity index (χ2n) is 9.25. The zero-order chi connectivity index (χ0) is 22.1. The average Bonchev–Trinajstić information content (AvgIpc) is 2.96. The molecule has 32 heavy (non-hydrogen) atoms. The van der Waals surface area contributed by atoms with Crippen LogP contribution in [-0.2, 0) is 12.8 Å². The number of benzene rings is 1. The van der Waals surface area contributed by atoms with Crippen molar-refractivity contribution in [3.63, 3.8) is 0 Å². The van der Waals surface area contributed by atoms with Crippen molar-refractivity contribution >= 4 is 33.6 Å². The van der Waals surface area contributed by atoms with Crippen LogP contribution in [0.5, 0.6) is 0 Å². The lowest BCUT2D eigenvalue weighted by Gasteiger charge is -2.40. The molecule has 1 aliphatic heterocycles. The van der Waals surface area contributed by atoms with Crippen molar-refractivity contribution < 1.29 is 4.79 Å². The molecule has 1 saturated heterocycles. The van der Waals surface area contributed by atoms with Gasteiger partial charge in [-0.3, -0.25) is 9.88 Å². The molecular formula is C25H30BrClN4O. The molecule has 2 aromatic rings. The van der Waals surface area contributed by atoms with Crippen LogP contribution >= 0.6 is 27.5 Å². The van der Waals surface area contributed by atoms with Gasteiger partial charge in [-0.1, -0.05) is 36.9 Å². The molecule has 0 radical (unpaired) electrons. The lowest BCUT2D eigenvalue weighted by atomic mass is 9.95. The molecule has 2 fully saturated rings. The normalized spacial score (nSPS) is 22.1. The summed E-state index contributed by atoms with van der Waals surface area (Å²) < 4.78 is 1.02. The number of fused-ring (bicyclic) bond motifs is 2. The van der Waals surface area contributed by atoms with Crippen LogP contribution in [0.3, 0.4) is 0 Å². The summed E-state index contributed by atoms with van der Waals surface area (Å²) in [5.74, 6) is 0. The van der Waals surface area contributed by atoms with Crippen molar-refractivity contribution in [2.45, 2.75) is 57.0 Å². The SMILES string of the molecule is O=C(NC1CCCCC1)N1CCN(C2c3ccc(Cl)cc3CCc3cc(Br)cnc32)CC1. The van der Waals surface area contributed by atoms with Gasteiger partial charge in [-0.05, 0) is 76.5 Å². The number of hydrogen-bond donors (Lipinski definition) is 1. The van der Waals surface area contributed by atoms with Gasteiger partial charge in [-0.15, -0.1) is 0 Å². The number of piperazine rings is 1. The van der Waals surface area contributed by atoms with Crippen molar-refractivity contribution in [3.8, 4) is 0 Å². The molecule has 1 unspecified atom stereocenters. The maximum atomic E-state index is 12.8. The third-order valence-corrected chi connectivity index (χ3v) is 7.86. The molecular weight excluding hydrogens is 488 g/mol. The largest absolute Gasteiger partial charge is 0.335 e. The molecule has 1 N–H and O–H groups in total. The first-order valence-corrected chi connectivity index (χ1v) is 13.0. The highest BCUT2D eigenvalue weighted by Gasteiger charge is 2.33. The monoisotopic (exact) mass is 516 g/mol. The second kappa shape index (κ2) is 9.70. The molecule has 0 spiro atoms. The van der Waals surface area contributed by atoms with Crippen LogP contribution in [0.25, 0.3) is 0 Å². The fraction of sp³-hybridized carbons (Fsp3) is 0.520. The molecule has 2 heterocycles. The van der Waals surface area contributed by atoms with E-state index in [0.717, 1.165) is 67.1 Å². The van der Waals surface area contributed by atoms with Crippen LogP contribution in [0.2, 0.25) is 5.02 Å². The van der Waals surface area contributed by atoms with E-state index < -0.39 is 0 Å². The first-order valence-electron chi connectivity index (χ1n) is 11.8. The Labute approximate surface area is 203 Å². The fourth-order valence-corrected chi connectivity index (χ4v) is 6.05. The van der Waals surface area contributed by atoms with Gasteiger partial charge >= 0.3 is 6.03 Å². The number of nitrogens with one attached hydrogen (secondary N) is 1. The third kappa shape index (κ3) is 4.68. The third-order valence-electron chi connectivity index (χ3n) is 7.19. The predicted octanol–water partition coefficient (Wildman–Crippen LogP) is 5.35. The highest BCUT2D eigenvalue weighted by Crippen LogP contribution is 2.38. The summed E-state index contributed by atoms with van der Waals surface area (Å²) in [5, 5.41) is 4.06. The van der Waals surface area contributed by atoms with Crippen molar-refractivity contribution in [2.24, 2.45) is 0 Å². The summed E-state index contributed by atoms with van der Waals surface area (Å²) in [7, 11) is 0. The van der Waals surface area contributed by atoms with E-state index in [1.807, 2.05) is 17.2 Å². The summed E-state index contributed by atoms with van der Waals surface area (Å²) in [4.78, 5) is 22.2. The highest BCUT2D eigenvalue weighted by atomic mass is 79.9. The molecule has 1 saturated carbocycles. The van der Waals surface area contributed by atoms with E-state index in [1.54, 1.807) is 0 Å². The van der Waals surface area contributed by atoms with E-state index in [1.165, 1.54) is 36.0 Å². The summed E-state index contributed by atoms with van der Waals surface area (Å²) in [6.07, 6.45) is 9.80. The van der Waals surface area contributed by atoms with Crippen LogP contribution in [0, 0.1) is 0 Å². The fourth-order valence-electron chi connectivity index (χ4n) is 5.48. The number of halogens is 2. The first kappa shape index (κ1) is 22.2. The van der Waals surface area contributed by atoms with E-state index in [-0.39, 0.29) is 12.1 Å². The average molecular weight is 518 g/mol. The summed E-state index contributed by atoms with van der Waals surface area (Å²) in [6, 6.07) is 9.02. The maximum absolute atomic E-state index is 12.8. The predicted molar refractivity (Wildman–Crippen MR) is 131 cm³/mol. The summed E-state index contributed by atoms with van der Waals surface area (Å²) >= 11 is 9.94. The Bertz CT molecular complexity index is 932. The zero-order valence-corrected chi connectivity index (χ0v) is 20.7. The maximum Gasteiger partial charge on any atom is 0.317 e. The lowest BCUT2D eigenvalue weighted by molar-refractivity contribution is 0.116. The standard InChI is InChI=1S/C25H30BrClN4O/c26-19-14-18-7-6-17-15-20(27)8-9-22(17)24(23(18)28-16-19)30-10-12-31(13-11-30)25(32)29-21-4-2-1-3-5-21/h8-9,14-16,21,24H,1-7,10-13H2,(H,29,32). The number of pyridine rings is 1. The number of rotatable bonds is 2. The molecule has 5 rings (SSSR count). The second-order valence-corrected chi connectivity index (χ2v) is 10.6. The summed E-state index contributed by atoms with van der Waals surface area (Å²) in [6.45, 7) is 3.15. The topological polar surface area (TPSA) is 48.5 Å². The molecule has 1 aromatic carbocycles. The van der Waals surface area contributed by atoms with E-state index in [0.29, 0.717) is 6.04 Å². The molecule has 0 bridgehead atoms. The highest BCUT2D eigenvalue weighted by molar-refractivity contribution is 9.10. The zero-order valence-electron chi connectivity index (χ0n) is 18.3. The number of carbonyl (C=O) groups is 1. The van der Waals surface area contributed by atoms with E-state index in [4.69, 9.17) is 16.6 Å². The van der Waals surface area contributed by atoms with E-state index >= 15 is 0 Å². The Morgan fingerprint density at radius 3 is 2.56 bits per heavy atom. The Morgan fingerprint density at radius 1 is 1.03 bits per heavy atom. The number of carbonyl (C=O) groups excluding carboxylic acids is 1. The van der Waals surface area contributed by atoms with Crippen molar-refractivity contribution in [1.82, 2.24) is 20.1 Å². The van der Waals surface area contributed by atoms with Crippen molar-refractivity contribution in [3.05, 3.63) is 62.3 Å². The van der Waals surface area contributed by atoms with E-state index in [2.05, 4.69) is 44.3 Å². The lowest BCUT2D eigenvalue weighted by Crippen LogP contribution is -2.54. The minimum atomic E-state index is 0.0939. The van der Waals surface area contributed by atoms with Gasteiger partial charge in [-0.2, -0.15) is 0 Å². The van der Waals surface area contributed by atoms with Crippen molar-refractivity contribution in [2.75, 3.05) is 26.2 Å². The summed E-state index contributed by atoms with van der Waals surface area (Å²) in [5.41, 5.74) is 5.01. The smallest absolute Gasteiger partial charge is 0.317 e. The van der Waals surface area contributed by atoms with E-state index in [9.17, 15) is 4.79 Å². The van der Waals surface area contributed by atoms with Gasteiger partial charge < -0.3 is 10.2 Å². The Balaban J connectivity index is 1.35. The van der Waals surface area contributed by atoms with Gasteiger partial charge in [0.2, 0.25) is 0 Å². The van der Waals surface area contributed by atoms with Crippen LogP contribution < -0.4 is 5.32 Å². The molecule has 1 atom stereocenters.